The largest absolute Gasteiger partial charge is 0.385 e. The van der Waals surface area contributed by atoms with Gasteiger partial charge in [0.15, 0.2) is 0 Å². The van der Waals surface area contributed by atoms with Gasteiger partial charge in [-0.25, -0.2) is 9.97 Å². The summed E-state index contributed by atoms with van der Waals surface area (Å²) in [6, 6.07) is 15.7. The Balaban J connectivity index is 1.67. The lowest BCUT2D eigenvalue weighted by Gasteiger charge is -2.07. The van der Waals surface area contributed by atoms with E-state index in [9.17, 15) is 5.11 Å². The molecule has 4 aromatic rings. The first kappa shape index (κ1) is 13.0. The predicted molar refractivity (Wildman–Crippen MR) is 85.5 cm³/mol. The summed E-state index contributed by atoms with van der Waals surface area (Å²) in [6.07, 6.45) is -0.284. The van der Waals surface area contributed by atoms with Crippen LogP contribution in [0.1, 0.15) is 17.8 Å². The second-order valence-electron chi connectivity index (χ2n) is 5.43. The van der Waals surface area contributed by atoms with E-state index < -0.39 is 6.10 Å². The van der Waals surface area contributed by atoms with Crippen LogP contribution in [0.2, 0.25) is 0 Å². The number of H-pyrrole nitrogens is 1. The molecular formula is C17H16N4O. The predicted octanol–water partition coefficient (Wildman–Crippen LogP) is 2.73. The minimum absolute atomic E-state index is 0.422. The number of nitrogens with one attached hydrogen (secondary N) is 1. The molecular weight excluding hydrogens is 276 g/mol. The van der Waals surface area contributed by atoms with Crippen molar-refractivity contribution < 1.29 is 5.11 Å². The van der Waals surface area contributed by atoms with Gasteiger partial charge < -0.3 is 14.7 Å². The fourth-order valence-corrected chi connectivity index (χ4v) is 2.78. The number of rotatable bonds is 3. The lowest BCUT2D eigenvalue weighted by molar-refractivity contribution is 0.166. The van der Waals surface area contributed by atoms with Gasteiger partial charge in [0.1, 0.15) is 17.8 Å². The molecule has 4 rings (SSSR count). The summed E-state index contributed by atoms with van der Waals surface area (Å²) in [4.78, 5) is 12.2. The molecule has 2 aromatic heterocycles. The van der Waals surface area contributed by atoms with Crippen molar-refractivity contribution >= 4 is 22.1 Å². The summed E-state index contributed by atoms with van der Waals surface area (Å²) in [7, 11) is 1.97. The molecule has 22 heavy (non-hydrogen) atoms. The molecule has 110 valence electrons. The minimum atomic E-state index is -0.706. The molecule has 0 aliphatic heterocycles. The number of hydrogen-bond donors (Lipinski definition) is 2. The maximum absolute atomic E-state index is 10.5. The molecule has 0 aliphatic carbocycles. The zero-order valence-corrected chi connectivity index (χ0v) is 12.2. The summed E-state index contributed by atoms with van der Waals surface area (Å²) in [5.74, 6) is 1.42. The van der Waals surface area contributed by atoms with Crippen molar-refractivity contribution in [3.8, 4) is 0 Å². The molecule has 1 atom stereocenters. The molecule has 5 nitrogen and oxygen atoms in total. The van der Waals surface area contributed by atoms with Gasteiger partial charge >= 0.3 is 0 Å². The number of para-hydroxylation sites is 4. The molecule has 0 radical (unpaired) electrons. The molecule has 5 heteroatoms. The van der Waals surface area contributed by atoms with Gasteiger partial charge in [0.2, 0.25) is 0 Å². The highest BCUT2D eigenvalue weighted by atomic mass is 16.3. The van der Waals surface area contributed by atoms with Crippen LogP contribution in [0, 0.1) is 0 Å². The van der Waals surface area contributed by atoms with Crippen molar-refractivity contribution in [1.29, 1.82) is 0 Å². The standard InChI is InChI=1S/C17H16N4O/c1-21-14-9-5-4-8-13(14)18-16(21)10-15(22)17-19-11-6-2-3-7-12(11)20-17/h2-9,15,22H,10H2,1H3,(H,19,20)/t15-/m0/s1. The van der Waals surface area contributed by atoms with Crippen molar-refractivity contribution in [2.75, 3.05) is 0 Å². The summed E-state index contributed by atoms with van der Waals surface area (Å²) < 4.78 is 2.02. The van der Waals surface area contributed by atoms with Crippen LogP contribution in [-0.4, -0.2) is 24.6 Å². The van der Waals surface area contributed by atoms with Gasteiger partial charge in [0.25, 0.3) is 0 Å². The quantitative estimate of drug-likeness (QED) is 0.610. The van der Waals surface area contributed by atoms with E-state index >= 15 is 0 Å². The summed E-state index contributed by atoms with van der Waals surface area (Å²) in [6.45, 7) is 0. The van der Waals surface area contributed by atoms with Crippen LogP contribution in [0.15, 0.2) is 48.5 Å². The van der Waals surface area contributed by atoms with E-state index in [4.69, 9.17) is 0 Å². The monoisotopic (exact) mass is 292 g/mol. The Morgan fingerprint density at radius 2 is 1.77 bits per heavy atom. The summed E-state index contributed by atoms with van der Waals surface area (Å²) >= 11 is 0. The lowest BCUT2D eigenvalue weighted by Crippen LogP contribution is -2.08. The van der Waals surface area contributed by atoms with Gasteiger partial charge in [-0.2, -0.15) is 0 Å². The smallest absolute Gasteiger partial charge is 0.136 e. The van der Waals surface area contributed by atoms with Crippen LogP contribution in [0.3, 0.4) is 0 Å². The number of aliphatic hydroxyl groups excluding tert-OH is 1. The molecule has 0 saturated carbocycles. The topological polar surface area (TPSA) is 66.7 Å². The third-order valence-electron chi connectivity index (χ3n) is 3.98. The zero-order chi connectivity index (χ0) is 15.1. The molecule has 0 unspecified atom stereocenters. The van der Waals surface area contributed by atoms with Gasteiger partial charge in [-0.15, -0.1) is 0 Å². The Hall–Kier alpha value is -2.66. The van der Waals surface area contributed by atoms with Crippen LogP contribution in [-0.2, 0) is 13.5 Å². The van der Waals surface area contributed by atoms with E-state index in [-0.39, 0.29) is 0 Å². The summed E-state index contributed by atoms with van der Waals surface area (Å²) in [5.41, 5.74) is 3.80. The molecule has 0 aliphatic rings. The molecule has 0 saturated heterocycles. The van der Waals surface area contributed by atoms with Gasteiger partial charge in [0, 0.05) is 13.5 Å². The number of aromatic nitrogens is 4. The maximum Gasteiger partial charge on any atom is 0.136 e. The first-order valence-electron chi connectivity index (χ1n) is 7.25. The number of nitrogens with zero attached hydrogens (tertiary/aromatic N) is 3. The summed E-state index contributed by atoms with van der Waals surface area (Å²) in [5, 5.41) is 10.5. The van der Waals surface area contributed by atoms with Gasteiger partial charge in [-0.3, -0.25) is 0 Å². The number of aliphatic hydroxyl groups is 1. The molecule has 2 aromatic carbocycles. The number of aromatic amines is 1. The number of hydrogen-bond acceptors (Lipinski definition) is 3. The Labute approximate surface area is 127 Å². The Bertz CT molecular complexity index is 921. The fourth-order valence-electron chi connectivity index (χ4n) is 2.78. The molecule has 0 fully saturated rings. The molecule has 2 N–H and O–H groups in total. The average molecular weight is 292 g/mol. The van der Waals surface area contributed by atoms with Gasteiger partial charge in [-0.1, -0.05) is 24.3 Å². The molecule has 2 heterocycles. The van der Waals surface area contributed by atoms with Crippen molar-refractivity contribution in [3.63, 3.8) is 0 Å². The molecule has 0 bridgehead atoms. The van der Waals surface area contributed by atoms with E-state index in [2.05, 4.69) is 15.0 Å². The maximum atomic E-state index is 10.5. The zero-order valence-electron chi connectivity index (χ0n) is 12.2. The Morgan fingerprint density at radius 1 is 1.05 bits per heavy atom. The first-order valence-corrected chi connectivity index (χ1v) is 7.25. The third kappa shape index (κ3) is 2.07. The Kier molecular flexibility index (Phi) is 2.94. The first-order chi connectivity index (χ1) is 10.7. The van der Waals surface area contributed by atoms with Crippen LogP contribution >= 0.6 is 0 Å². The van der Waals surface area contributed by atoms with Crippen LogP contribution in [0.4, 0.5) is 0 Å². The number of imidazole rings is 2. The third-order valence-corrected chi connectivity index (χ3v) is 3.98. The van der Waals surface area contributed by atoms with Crippen molar-refractivity contribution in [1.82, 2.24) is 19.5 Å². The van der Waals surface area contributed by atoms with E-state index in [1.54, 1.807) is 0 Å². The van der Waals surface area contributed by atoms with Gasteiger partial charge in [0.05, 0.1) is 22.1 Å². The van der Waals surface area contributed by atoms with Crippen LogP contribution in [0.25, 0.3) is 22.1 Å². The second-order valence-corrected chi connectivity index (χ2v) is 5.43. The number of benzene rings is 2. The molecule has 0 spiro atoms. The van der Waals surface area contributed by atoms with Crippen molar-refractivity contribution in [2.24, 2.45) is 7.05 Å². The number of fused-ring (bicyclic) bond motifs is 2. The minimum Gasteiger partial charge on any atom is -0.385 e. The lowest BCUT2D eigenvalue weighted by atomic mass is 10.2. The van der Waals surface area contributed by atoms with Crippen molar-refractivity contribution in [2.45, 2.75) is 12.5 Å². The van der Waals surface area contributed by atoms with Gasteiger partial charge in [-0.05, 0) is 24.3 Å². The highest BCUT2D eigenvalue weighted by Gasteiger charge is 2.17. The van der Waals surface area contributed by atoms with E-state index in [0.29, 0.717) is 12.2 Å². The van der Waals surface area contributed by atoms with E-state index in [1.165, 1.54) is 0 Å². The highest BCUT2D eigenvalue weighted by molar-refractivity contribution is 5.76. The molecule has 0 amide bonds. The Morgan fingerprint density at radius 3 is 2.55 bits per heavy atom. The highest BCUT2D eigenvalue weighted by Crippen LogP contribution is 2.21. The van der Waals surface area contributed by atoms with Crippen molar-refractivity contribution in [3.05, 3.63) is 60.2 Å². The van der Waals surface area contributed by atoms with E-state index in [1.807, 2.05) is 60.1 Å². The van der Waals surface area contributed by atoms with Crippen LogP contribution in [0.5, 0.6) is 0 Å². The fraction of sp³-hybridized carbons (Fsp3) is 0.176. The normalized spacial score (nSPS) is 13.0. The SMILES string of the molecule is Cn1c(C[C@H](O)c2nc3ccccc3[nH]2)nc2ccccc21. The van der Waals surface area contributed by atoms with E-state index in [0.717, 1.165) is 27.9 Å². The number of aryl methyl sites for hydroxylation is 1. The van der Waals surface area contributed by atoms with Crippen LogP contribution < -0.4 is 0 Å². The average Bonchev–Trinajstić information content (AvgIpc) is 3.10. The second kappa shape index (κ2) is 4.96.